The highest BCUT2D eigenvalue weighted by Gasteiger charge is 2.31. The predicted octanol–water partition coefficient (Wildman–Crippen LogP) is 5.79. The molecule has 0 bridgehead atoms. The molecule has 8 heteroatoms. The molecule has 0 aliphatic carbocycles. The lowest BCUT2D eigenvalue weighted by molar-refractivity contribution is -0.137. The van der Waals surface area contributed by atoms with Crippen LogP contribution >= 0.6 is 0 Å². The molecule has 2 heterocycles. The molecule has 5 nitrogen and oxygen atoms in total. The normalized spacial score (nSPS) is 14.7. The first-order valence-corrected chi connectivity index (χ1v) is 11.9. The maximum absolute atomic E-state index is 13.0. The van der Waals surface area contributed by atoms with Crippen molar-refractivity contribution in [1.82, 2.24) is 9.88 Å². The van der Waals surface area contributed by atoms with Crippen molar-refractivity contribution in [1.29, 1.82) is 0 Å². The molecule has 35 heavy (non-hydrogen) atoms. The summed E-state index contributed by atoms with van der Waals surface area (Å²) < 4.78 is 44.3. The third-order valence-electron chi connectivity index (χ3n) is 6.28. The Hall–Kier alpha value is -3.26. The molecule has 1 aliphatic rings. The molecule has 4 rings (SSSR count). The van der Waals surface area contributed by atoms with Crippen molar-refractivity contribution in [3.63, 3.8) is 0 Å². The number of hydrogen-bond donors (Lipinski definition) is 1. The fourth-order valence-electron chi connectivity index (χ4n) is 4.29. The lowest BCUT2D eigenvalue weighted by Crippen LogP contribution is -2.46. The van der Waals surface area contributed by atoms with E-state index in [1.54, 1.807) is 19.4 Å². The van der Waals surface area contributed by atoms with Gasteiger partial charge >= 0.3 is 6.18 Å². The summed E-state index contributed by atoms with van der Waals surface area (Å²) in [5.74, 6) is 1.67. The van der Waals surface area contributed by atoms with Crippen LogP contribution < -0.4 is 15.0 Å². The molecule has 0 spiro atoms. The van der Waals surface area contributed by atoms with Crippen molar-refractivity contribution in [2.75, 3.05) is 56.6 Å². The van der Waals surface area contributed by atoms with E-state index in [1.807, 2.05) is 35.2 Å². The quantitative estimate of drug-likeness (QED) is 0.390. The first-order chi connectivity index (χ1) is 16.9. The van der Waals surface area contributed by atoms with E-state index in [4.69, 9.17) is 4.74 Å². The number of nitrogens with zero attached hydrogens (tertiary/aromatic N) is 3. The number of pyridine rings is 1. The third-order valence-corrected chi connectivity index (χ3v) is 6.28. The number of rotatable bonds is 9. The van der Waals surface area contributed by atoms with E-state index in [9.17, 15) is 13.2 Å². The van der Waals surface area contributed by atoms with Gasteiger partial charge in [0.2, 0.25) is 0 Å². The van der Waals surface area contributed by atoms with Gasteiger partial charge in [0.05, 0.1) is 12.7 Å². The van der Waals surface area contributed by atoms with Crippen LogP contribution in [0.15, 0.2) is 66.9 Å². The Labute approximate surface area is 204 Å². The number of aromatic nitrogens is 1. The number of ether oxygens (including phenoxy) is 1. The number of halogens is 3. The van der Waals surface area contributed by atoms with Crippen LogP contribution in [0.2, 0.25) is 0 Å². The molecule has 3 aromatic rings. The molecule has 0 saturated carbocycles. The van der Waals surface area contributed by atoms with E-state index in [0.717, 1.165) is 80.9 Å². The maximum atomic E-state index is 13.0. The Morgan fingerprint density at radius 3 is 2.46 bits per heavy atom. The largest absolute Gasteiger partial charge is 0.497 e. The number of unbranched alkanes of at least 4 members (excludes halogenated alkanes) is 1. The fraction of sp³-hybridized carbons (Fsp3) is 0.370. The second-order valence-corrected chi connectivity index (χ2v) is 8.67. The van der Waals surface area contributed by atoms with Gasteiger partial charge in [0.25, 0.3) is 0 Å². The van der Waals surface area contributed by atoms with Crippen molar-refractivity contribution in [3.8, 4) is 16.9 Å². The first kappa shape index (κ1) is 24.9. The van der Waals surface area contributed by atoms with Gasteiger partial charge in [-0.3, -0.25) is 4.90 Å². The molecule has 1 fully saturated rings. The molecule has 0 amide bonds. The Kier molecular flexibility index (Phi) is 8.13. The number of alkyl halides is 3. The number of benzene rings is 2. The Balaban J connectivity index is 1.18. The zero-order valence-electron chi connectivity index (χ0n) is 19.9. The Bertz CT molecular complexity index is 1100. The van der Waals surface area contributed by atoms with Gasteiger partial charge in [-0.1, -0.05) is 18.2 Å². The molecule has 1 aliphatic heterocycles. The zero-order chi connectivity index (χ0) is 24.7. The molecule has 1 aromatic heterocycles. The van der Waals surface area contributed by atoms with Crippen LogP contribution in [0.1, 0.15) is 18.4 Å². The highest BCUT2D eigenvalue weighted by atomic mass is 19.4. The minimum atomic E-state index is -4.31. The minimum absolute atomic E-state index is 0.589. The first-order valence-electron chi connectivity index (χ1n) is 11.9. The third kappa shape index (κ3) is 6.88. The molecule has 0 radical (unpaired) electrons. The number of piperazine rings is 1. The van der Waals surface area contributed by atoms with Gasteiger partial charge in [0.1, 0.15) is 11.6 Å². The summed E-state index contributed by atoms with van der Waals surface area (Å²) in [6.07, 6.45) is -0.441. The van der Waals surface area contributed by atoms with E-state index in [1.165, 1.54) is 12.1 Å². The van der Waals surface area contributed by atoms with Crippen molar-refractivity contribution in [3.05, 3.63) is 72.4 Å². The smallest absolute Gasteiger partial charge is 0.416 e. The second-order valence-electron chi connectivity index (χ2n) is 8.67. The van der Waals surface area contributed by atoms with Crippen molar-refractivity contribution in [2.45, 2.75) is 19.0 Å². The van der Waals surface area contributed by atoms with Gasteiger partial charge in [0, 0.05) is 44.6 Å². The summed E-state index contributed by atoms with van der Waals surface area (Å²) in [5.41, 5.74) is 2.22. The summed E-state index contributed by atoms with van der Waals surface area (Å²) in [5, 5.41) is 3.41. The monoisotopic (exact) mass is 484 g/mol. The van der Waals surface area contributed by atoms with Crippen molar-refractivity contribution >= 4 is 11.5 Å². The van der Waals surface area contributed by atoms with E-state index in [0.29, 0.717) is 5.69 Å². The van der Waals surface area contributed by atoms with Gasteiger partial charge in [-0.2, -0.15) is 13.2 Å². The molecular formula is C27H31F3N4O. The summed E-state index contributed by atoms with van der Waals surface area (Å²) in [4.78, 5) is 8.84. The summed E-state index contributed by atoms with van der Waals surface area (Å²) in [6, 6.07) is 17.6. The van der Waals surface area contributed by atoms with E-state index >= 15 is 0 Å². The van der Waals surface area contributed by atoms with Gasteiger partial charge in [-0.15, -0.1) is 0 Å². The van der Waals surface area contributed by atoms with E-state index < -0.39 is 11.7 Å². The van der Waals surface area contributed by atoms with Crippen LogP contribution in [-0.4, -0.2) is 56.3 Å². The number of hydrogen-bond acceptors (Lipinski definition) is 5. The second kappa shape index (κ2) is 11.4. The maximum Gasteiger partial charge on any atom is 0.416 e. The standard InChI is InChI=1S/C27H31F3N4O/c1-35-25-9-4-6-21(18-25)22-10-12-32-26(19-22)31-11-2-3-13-33-14-16-34(17-15-33)24-8-5-7-23(20-24)27(28,29)30/h4-10,12,18-20H,2-3,11,13-17H2,1H3,(H,31,32). The minimum Gasteiger partial charge on any atom is -0.497 e. The topological polar surface area (TPSA) is 40.6 Å². The lowest BCUT2D eigenvalue weighted by atomic mass is 10.1. The highest BCUT2D eigenvalue weighted by molar-refractivity contribution is 5.67. The summed E-state index contributed by atoms with van der Waals surface area (Å²) in [7, 11) is 1.66. The average molecular weight is 485 g/mol. The van der Waals surface area contributed by atoms with Crippen LogP contribution in [0.25, 0.3) is 11.1 Å². The Morgan fingerprint density at radius 2 is 1.69 bits per heavy atom. The molecule has 1 saturated heterocycles. The van der Waals surface area contributed by atoms with Crippen LogP contribution in [0, 0.1) is 0 Å². The van der Waals surface area contributed by atoms with E-state index in [2.05, 4.69) is 21.3 Å². The van der Waals surface area contributed by atoms with Crippen molar-refractivity contribution in [2.24, 2.45) is 0 Å². The molecular weight excluding hydrogens is 453 g/mol. The molecule has 0 unspecified atom stereocenters. The Morgan fingerprint density at radius 1 is 0.914 bits per heavy atom. The van der Waals surface area contributed by atoms with Crippen LogP contribution in [-0.2, 0) is 6.18 Å². The molecule has 1 N–H and O–H groups in total. The summed E-state index contributed by atoms with van der Waals surface area (Å²) in [6.45, 7) is 5.00. The highest BCUT2D eigenvalue weighted by Crippen LogP contribution is 2.32. The number of methoxy groups -OCH3 is 1. The van der Waals surface area contributed by atoms with E-state index in [-0.39, 0.29) is 0 Å². The zero-order valence-corrected chi connectivity index (χ0v) is 19.9. The van der Waals surface area contributed by atoms with Gasteiger partial charge in [0.15, 0.2) is 0 Å². The lowest BCUT2D eigenvalue weighted by Gasteiger charge is -2.36. The van der Waals surface area contributed by atoms with Crippen LogP contribution in [0.5, 0.6) is 5.75 Å². The average Bonchev–Trinajstić information content (AvgIpc) is 2.89. The number of anilines is 2. The SMILES string of the molecule is COc1cccc(-c2ccnc(NCCCCN3CCN(c4cccc(C(F)(F)F)c4)CC3)c2)c1. The van der Waals surface area contributed by atoms with Crippen LogP contribution in [0.3, 0.4) is 0 Å². The van der Waals surface area contributed by atoms with Crippen molar-refractivity contribution < 1.29 is 17.9 Å². The predicted molar refractivity (Wildman–Crippen MR) is 134 cm³/mol. The number of nitrogens with one attached hydrogen (secondary N) is 1. The molecule has 186 valence electrons. The van der Waals surface area contributed by atoms with Gasteiger partial charge in [-0.05, 0) is 73.0 Å². The van der Waals surface area contributed by atoms with Crippen LogP contribution in [0.4, 0.5) is 24.7 Å². The molecule has 0 atom stereocenters. The fourth-order valence-corrected chi connectivity index (χ4v) is 4.29. The molecule has 2 aromatic carbocycles. The van der Waals surface area contributed by atoms with Gasteiger partial charge in [-0.25, -0.2) is 4.98 Å². The summed E-state index contributed by atoms with van der Waals surface area (Å²) >= 11 is 0. The van der Waals surface area contributed by atoms with Gasteiger partial charge < -0.3 is 15.0 Å².